The van der Waals surface area contributed by atoms with Crippen LogP contribution < -0.4 is 19.7 Å². The van der Waals surface area contributed by atoms with Gasteiger partial charge in [-0.1, -0.05) is 72.6 Å². The molecular formula is C49H54Cl2N4O5. The first-order valence-electron chi connectivity index (χ1n) is 20.7. The fourth-order valence-electron chi connectivity index (χ4n) is 8.32. The number of nitrogens with zero attached hydrogens (tertiary/aromatic N) is 3. The third-order valence-corrected chi connectivity index (χ3v) is 12.7. The number of esters is 1. The van der Waals surface area contributed by atoms with Crippen molar-refractivity contribution in [2.24, 2.45) is 0 Å². The molecule has 4 atom stereocenters. The number of amides is 1. The summed E-state index contributed by atoms with van der Waals surface area (Å²) in [6, 6.07) is 27.0. The van der Waals surface area contributed by atoms with Gasteiger partial charge in [-0.15, -0.1) is 0 Å². The number of rotatable bonds is 12. The van der Waals surface area contributed by atoms with Crippen LogP contribution in [0.2, 0.25) is 10.0 Å². The van der Waals surface area contributed by atoms with Gasteiger partial charge < -0.3 is 24.4 Å². The maximum Gasteiger partial charge on any atom is 0.328 e. The summed E-state index contributed by atoms with van der Waals surface area (Å²) in [6.45, 7) is 11.7. The molecule has 0 bridgehead atoms. The van der Waals surface area contributed by atoms with Crippen molar-refractivity contribution in [2.45, 2.75) is 97.2 Å². The number of ether oxygens (including phenoxy) is 3. The zero-order valence-electron chi connectivity index (χ0n) is 35.4. The normalized spacial score (nSPS) is 17.5. The van der Waals surface area contributed by atoms with Crippen molar-refractivity contribution in [1.82, 2.24) is 15.2 Å². The molecule has 0 fully saturated rings. The lowest BCUT2D eigenvalue weighted by Crippen LogP contribution is -2.56. The van der Waals surface area contributed by atoms with Crippen LogP contribution in [0.3, 0.4) is 0 Å². The van der Waals surface area contributed by atoms with Gasteiger partial charge in [-0.25, -0.2) is 4.79 Å². The Labute approximate surface area is 364 Å². The van der Waals surface area contributed by atoms with Gasteiger partial charge in [0.25, 0.3) is 0 Å². The van der Waals surface area contributed by atoms with Gasteiger partial charge in [0.05, 0.1) is 28.9 Å². The molecule has 0 radical (unpaired) electrons. The number of halogens is 2. The van der Waals surface area contributed by atoms with Crippen molar-refractivity contribution in [3.8, 4) is 22.6 Å². The van der Waals surface area contributed by atoms with Crippen molar-refractivity contribution in [3.63, 3.8) is 0 Å². The number of methoxy groups -OCH3 is 1. The summed E-state index contributed by atoms with van der Waals surface area (Å²) < 4.78 is 18.4. The predicted octanol–water partition coefficient (Wildman–Crippen LogP) is 10.2. The van der Waals surface area contributed by atoms with Crippen LogP contribution >= 0.6 is 23.2 Å². The number of aromatic nitrogens is 1. The van der Waals surface area contributed by atoms with Crippen LogP contribution in [0.4, 0.5) is 5.69 Å². The molecule has 2 aliphatic heterocycles. The molecule has 4 aromatic carbocycles. The van der Waals surface area contributed by atoms with E-state index in [1.165, 1.54) is 7.11 Å². The second-order valence-corrected chi connectivity index (χ2v) is 17.0. The smallest absolute Gasteiger partial charge is 0.328 e. The van der Waals surface area contributed by atoms with Crippen LogP contribution in [-0.4, -0.2) is 60.6 Å². The molecule has 11 heteroatoms. The summed E-state index contributed by atoms with van der Waals surface area (Å²) in [5, 5.41) is 4.11. The molecule has 0 unspecified atom stereocenters. The number of pyridine rings is 1. The van der Waals surface area contributed by atoms with E-state index < -0.39 is 18.1 Å². The average molecular weight is 850 g/mol. The summed E-state index contributed by atoms with van der Waals surface area (Å²) in [4.78, 5) is 36.2. The summed E-state index contributed by atoms with van der Waals surface area (Å²) in [5.41, 5.74) is 10.5. The number of carbonyl (C=O) groups is 2. The fraction of sp³-hybridized carbons (Fsp3) is 0.367. The molecule has 9 nitrogen and oxygen atoms in total. The van der Waals surface area contributed by atoms with Crippen LogP contribution in [0.15, 0.2) is 91.1 Å². The first-order valence-corrected chi connectivity index (χ1v) is 21.5. The summed E-state index contributed by atoms with van der Waals surface area (Å²) in [6.07, 6.45) is 3.88. The van der Waals surface area contributed by atoms with Crippen LogP contribution in [0.1, 0.15) is 84.9 Å². The summed E-state index contributed by atoms with van der Waals surface area (Å²) >= 11 is 12.5. The van der Waals surface area contributed by atoms with Crippen molar-refractivity contribution < 1.29 is 23.8 Å². The van der Waals surface area contributed by atoms with E-state index >= 15 is 0 Å². The molecule has 0 spiro atoms. The van der Waals surface area contributed by atoms with Gasteiger partial charge in [-0.2, -0.15) is 0 Å². The summed E-state index contributed by atoms with van der Waals surface area (Å²) in [5.74, 6) is 0.915. The number of aryl methyl sites for hydroxylation is 1. The molecule has 0 saturated carbocycles. The number of anilines is 1. The summed E-state index contributed by atoms with van der Waals surface area (Å²) in [7, 11) is 3.44. The van der Waals surface area contributed by atoms with Gasteiger partial charge in [0, 0.05) is 50.9 Å². The number of hydrogen-bond acceptors (Lipinski definition) is 8. The van der Waals surface area contributed by atoms with Crippen molar-refractivity contribution >= 4 is 40.8 Å². The molecule has 0 aliphatic carbocycles. The van der Waals surface area contributed by atoms with E-state index in [4.69, 9.17) is 37.4 Å². The largest absolute Gasteiger partial charge is 0.486 e. The molecule has 1 amide bonds. The second kappa shape index (κ2) is 18.7. The SMILES string of the molecule is CC[C@@H](Oc1ccc([C@H]2CCN(C)c3cc4c(cc3O2)CN(C(C)C)[C@H](C(=O)N[C@@H](Cc2ccc(-c3ccnc(C)c3C)cc2)C(=O)OC)C4)cc1)c1ccc(Cl)c(Cl)c1. The Bertz CT molecular complexity index is 2330. The van der Waals surface area contributed by atoms with Crippen molar-refractivity contribution in [3.05, 3.63) is 140 Å². The van der Waals surface area contributed by atoms with Crippen LogP contribution in [0.25, 0.3) is 11.1 Å². The van der Waals surface area contributed by atoms with Gasteiger partial charge in [0.1, 0.15) is 29.7 Å². The number of carbonyl (C=O) groups excluding carboxylic acids is 2. The molecule has 2 aliphatic rings. The lowest BCUT2D eigenvalue weighted by molar-refractivity contribution is -0.146. The molecule has 7 rings (SSSR count). The predicted molar refractivity (Wildman–Crippen MR) is 239 cm³/mol. The number of hydrogen-bond donors (Lipinski definition) is 1. The Morgan fingerprint density at radius 3 is 2.38 bits per heavy atom. The lowest BCUT2D eigenvalue weighted by atomic mass is 9.91. The lowest BCUT2D eigenvalue weighted by Gasteiger charge is -2.39. The molecule has 1 N–H and O–H groups in total. The van der Waals surface area contributed by atoms with Gasteiger partial charge >= 0.3 is 5.97 Å². The first kappa shape index (κ1) is 43.0. The highest BCUT2D eigenvalue weighted by Crippen LogP contribution is 2.41. The second-order valence-electron chi connectivity index (χ2n) is 16.2. The highest BCUT2D eigenvalue weighted by atomic mass is 35.5. The molecule has 60 heavy (non-hydrogen) atoms. The van der Waals surface area contributed by atoms with E-state index in [0.717, 1.165) is 86.8 Å². The Morgan fingerprint density at radius 1 is 0.950 bits per heavy atom. The molecule has 314 valence electrons. The van der Waals surface area contributed by atoms with E-state index in [1.54, 1.807) is 6.07 Å². The van der Waals surface area contributed by atoms with E-state index in [9.17, 15) is 9.59 Å². The van der Waals surface area contributed by atoms with Gasteiger partial charge in [0.2, 0.25) is 5.91 Å². The van der Waals surface area contributed by atoms with E-state index in [-0.39, 0.29) is 24.2 Å². The molecule has 3 heterocycles. The molecular weight excluding hydrogens is 795 g/mol. The Kier molecular flexibility index (Phi) is 13.4. The zero-order valence-corrected chi connectivity index (χ0v) is 36.9. The molecule has 1 aromatic heterocycles. The van der Waals surface area contributed by atoms with Gasteiger partial charge in [-0.05, 0) is 128 Å². The number of nitrogens with one attached hydrogen (secondary N) is 1. The third kappa shape index (κ3) is 9.44. The van der Waals surface area contributed by atoms with E-state index in [0.29, 0.717) is 29.4 Å². The first-order chi connectivity index (χ1) is 28.8. The highest BCUT2D eigenvalue weighted by molar-refractivity contribution is 6.42. The molecule has 0 saturated heterocycles. The Hall–Kier alpha value is -5.09. The van der Waals surface area contributed by atoms with E-state index in [2.05, 4.69) is 79.1 Å². The third-order valence-electron chi connectivity index (χ3n) is 12.0. The zero-order chi connectivity index (χ0) is 42.7. The van der Waals surface area contributed by atoms with E-state index in [1.807, 2.05) is 67.7 Å². The Morgan fingerprint density at radius 2 is 1.70 bits per heavy atom. The number of fused-ring (bicyclic) bond motifs is 2. The maximum absolute atomic E-state index is 14.2. The minimum atomic E-state index is -0.839. The van der Waals surface area contributed by atoms with Gasteiger partial charge in [0.15, 0.2) is 0 Å². The van der Waals surface area contributed by atoms with Crippen LogP contribution in [-0.2, 0) is 33.7 Å². The average Bonchev–Trinajstić information content (AvgIpc) is 3.41. The minimum absolute atomic E-state index is 0.0677. The quantitative estimate of drug-likeness (QED) is 0.124. The monoisotopic (exact) mass is 848 g/mol. The minimum Gasteiger partial charge on any atom is -0.486 e. The topological polar surface area (TPSA) is 93.2 Å². The Balaban J connectivity index is 1.05. The van der Waals surface area contributed by atoms with Crippen molar-refractivity contribution in [1.29, 1.82) is 0 Å². The van der Waals surface area contributed by atoms with Crippen LogP contribution in [0.5, 0.6) is 11.5 Å². The van der Waals surface area contributed by atoms with Crippen molar-refractivity contribution in [2.75, 3.05) is 25.6 Å². The number of benzene rings is 4. The maximum atomic E-state index is 14.2. The highest BCUT2D eigenvalue weighted by Gasteiger charge is 2.37. The fourth-order valence-corrected chi connectivity index (χ4v) is 8.62. The van der Waals surface area contributed by atoms with Crippen LogP contribution in [0, 0.1) is 13.8 Å². The standard InChI is InChI=1S/C49H54Cl2N4O5/c1-8-45(35-15-18-40(50)41(51)24-35)59-38-16-13-34(14-17-38)46-20-22-54(6)43-25-36-26-44(55(29(2)3)28-37(36)27-47(43)60-46)48(56)53-42(49(57)58-7)23-32-9-11-33(12-10-32)39-19-21-52-31(5)30(39)4/h9-19,21,24-25,27,29,42,44-46H,8,20,22-23,26,28H2,1-7H3,(H,53,56)/t42-,44-,45+,46+/m0/s1. The van der Waals surface area contributed by atoms with Gasteiger partial charge in [-0.3, -0.25) is 14.7 Å². The molecule has 5 aromatic rings.